The first kappa shape index (κ1) is 28.1. The SMILES string of the molecule is CN(C(=O)C(C)(C)c1cc(C(F)(F)F)cc(C(F)(F)F)c1)c1cnc(Cl)cc1-c1ccc(Cl)cc1Cl. The summed E-state index contributed by atoms with van der Waals surface area (Å²) < 4.78 is 80.3. The fourth-order valence-corrected chi connectivity index (χ4v) is 4.25. The molecule has 0 atom stereocenters. The Morgan fingerprint density at radius 1 is 0.806 bits per heavy atom. The van der Waals surface area contributed by atoms with Crippen LogP contribution in [0.4, 0.5) is 32.0 Å². The van der Waals surface area contributed by atoms with Crippen molar-refractivity contribution < 1.29 is 31.1 Å². The zero-order valence-corrected chi connectivity index (χ0v) is 21.1. The van der Waals surface area contributed by atoms with E-state index in [1.165, 1.54) is 39.2 Å². The zero-order chi connectivity index (χ0) is 27.2. The number of carbonyl (C=O) groups excluding carboxylic acids is 1. The molecule has 1 amide bonds. The quantitative estimate of drug-likeness (QED) is 0.233. The van der Waals surface area contributed by atoms with Crippen molar-refractivity contribution in [1.82, 2.24) is 4.98 Å². The number of aromatic nitrogens is 1. The minimum Gasteiger partial charge on any atom is -0.313 e. The molecule has 0 aliphatic heterocycles. The monoisotopic (exact) mass is 568 g/mol. The predicted molar refractivity (Wildman–Crippen MR) is 128 cm³/mol. The van der Waals surface area contributed by atoms with Gasteiger partial charge in [-0.05, 0) is 55.8 Å². The van der Waals surface area contributed by atoms with Crippen molar-refractivity contribution in [3.05, 3.63) is 80.6 Å². The maximum atomic E-state index is 13.5. The second kappa shape index (κ2) is 9.76. The fourth-order valence-electron chi connectivity index (χ4n) is 3.58. The minimum atomic E-state index is -5.06. The largest absolute Gasteiger partial charge is 0.416 e. The van der Waals surface area contributed by atoms with Crippen LogP contribution in [0.1, 0.15) is 30.5 Å². The van der Waals surface area contributed by atoms with Crippen molar-refractivity contribution in [3.63, 3.8) is 0 Å². The van der Waals surface area contributed by atoms with E-state index in [9.17, 15) is 31.1 Å². The maximum Gasteiger partial charge on any atom is 0.416 e. The van der Waals surface area contributed by atoms with Gasteiger partial charge in [-0.1, -0.05) is 40.9 Å². The molecule has 0 radical (unpaired) electrons. The Labute approximate surface area is 217 Å². The molecule has 0 aliphatic rings. The van der Waals surface area contributed by atoms with E-state index in [-0.39, 0.29) is 21.9 Å². The highest BCUT2D eigenvalue weighted by atomic mass is 35.5. The fraction of sp³-hybridized carbons (Fsp3) is 0.250. The molecule has 0 fully saturated rings. The molecule has 1 heterocycles. The van der Waals surface area contributed by atoms with E-state index < -0.39 is 40.4 Å². The highest BCUT2D eigenvalue weighted by Gasteiger charge is 2.41. The summed E-state index contributed by atoms with van der Waals surface area (Å²) in [5.74, 6) is -0.801. The van der Waals surface area contributed by atoms with Crippen LogP contribution in [0.25, 0.3) is 11.1 Å². The lowest BCUT2D eigenvalue weighted by molar-refractivity contribution is -0.143. The van der Waals surface area contributed by atoms with Gasteiger partial charge in [0.25, 0.3) is 0 Å². The van der Waals surface area contributed by atoms with Crippen LogP contribution in [0, 0.1) is 0 Å². The van der Waals surface area contributed by atoms with Gasteiger partial charge in [-0.2, -0.15) is 26.3 Å². The van der Waals surface area contributed by atoms with Crippen LogP contribution in [-0.4, -0.2) is 17.9 Å². The average molecular weight is 570 g/mol. The van der Waals surface area contributed by atoms with Crippen molar-refractivity contribution in [3.8, 4) is 11.1 Å². The second-order valence-corrected chi connectivity index (χ2v) is 9.66. The van der Waals surface area contributed by atoms with Crippen LogP contribution < -0.4 is 4.90 Å². The van der Waals surface area contributed by atoms with Gasteiger partial charge >= 0.3 is 12.4 Å². The summed E-state index contributed by atoms with van der Waals surface area (Å²) in [4.78, 5) is 18.6. The molecule has 0 unspecified atom stereocenters. The number of anilines is 1. The third-order valence-corrected chi connectivity index (χ3v) is 6.34. The van der Waals surface area contributed by atoms with E-state index in [0.29, 0.717) is 28.3 Å². The first-order valence-corrected chi connectivity index (χ1v) is 11.3. The predicted octanol–water partition coefficient (Wildman–Crippen LogP) is 8.69. The van der Waals surface area contributed by atoms with E-state index in [4.69, 9.17) is 34.8 Å². The van der Waals surface area contributed by atoms with Crippen molar-refractivity contribution in [2.24, 2.45) is 0 Å². The number of pyridine rings is 1. The normalized spacial score (nSPS) is 12.6. The lowest BCUT2D eigenvalue weighted by Crippen LogP contribution is -2.42. The minimum absolute atomic E-state index is 0.0114. The van der Waals surface area contributed by atoms with E-state index in [0.717, 1.165) is 4.90 Å². The maximum absolute atomic E-state index is 13.5. The molecule has 36 heavy (non-hydrogen) atoms. The lowest BCUT2D eigenvalue weighted by Gasteiger charge is -2.32. The molecule has 0 bridgehead atoms. The standard InChI is InChI=1S/C24H17Cl3F6N2O/c1-22(2,12-6-13(23(28,29)30)8-14(7-12)24(31,32)33)21(36)35(3)19-11-34-20(27)10-17(19)16-5-4-15(25)9-18(16)26/h4-11H,1-3H3. The molecule has 0 saturated heterocycles. The van der Waals surface area contributed by atoms with Crippen LogP contribution in [0.5, 0.6) is 0 Å². The Kier molecular flexibility index (Phi) is 7.61. The highest BCUT2D eigenvalue weighted by Crippen LogP contribution is 2.41. The lowest BCUT2D eigenvalue weighted by atomic mass is 9.81. The van der Waals surface area contributed by atoms with Gasteiger partial charge in [0.2, 0.25) is 5.91 Å². The summed E-state index contributed by atoms with van der Waals surface area (Å²) in [5.41, 5.74) is -4.36. The molecule has 0 spiro atoms. The van der Waals surface area contributed by atoms with Gasteiger partial charge in [0.05, 0.1) is 28.4 Å². The molecular formula is C24H17Cl3F6N2O. The molecule has 1 aromatic heterocycles. The van der Waals surface area contributed by atoms with Gasteiger partial charge in [0.15, 0.2) is 0 Å². The molecule has 2 aromatic carbocycles. The van der Waals surface area contributed by atoms with Crippen LogP contribution in [0.3, 0.4) is 0 Å². The molecule has 3 aromatic rings. The molecule has 3 nitrogen and oxygen atoms in total. The molecule has 0 N–H and O–H groups in total. The Morgan fingerprint density at radius 3 is 1.83 bits per heavy atom. The first-order valence-electron chi connectivity index (χ1n) is 10.1. The summed E-state index contributed by atoms with van der Waals surface area (Å²) in [6.07, 6.45) is -8.86. The number of likely N-dealkylation sites (N-methyl/N-ethyl adjacent to an activating group) is 1. The molecule has 0 saturated carbocycles. The van der Waals surface area contributed by atoms with E-state index in [1.54, 1.807) is 12.1 Å². The molecule has 3 rings (SSSR count). The zero-order valence-electron chi connectivity index (χ0n) is 18.8. The van der Waals surface area contributed by atoms with Crippen LogP contribution in [0.2, 0.25) is 15.2 Å². The number of rotatable bonds is 4. The van der Waals surface area contributed by atoms with Gasteiger partial charge in [-0.15, -0.1) is 0 Å². The summed E-state index contributed by atoms with van der Waals surface area (Å²) in [6, 6.07) is 7.10. The Balaban J connectivity index is 2.14. The van der Waals surface area contributed by atoms with Gasteiger partial charge in [0.1, 0.15) is 5.15 Å². The Hall–Kier alpha value is -2.49. The van der Waals surface area contributed by atoms with Gasteiger partial charge in [-0.25, -0.2) is 4.98 Å². The van der Waals surface area contributed by atoms with Crippen molar-refractivity contribution >= 4 is 46.4 Å². The summed E-state index contributed by atoms with van der Waals surface area (Å²) in [7, 11) is 1.32. The van der Waals surface area contributed by atoms with Crippen LogP contribution >= 0.6 is 34.8 Å². The Morgan fingerprint density at radius 2 is 1.33 bits per heavy atom. The molecular weight excluding hydrogens is 553 g/mol. The molecule has 0 aliphatic carbocycles. The van der Waals surface area contributed by atoms with Crippen LogP contribution in [0.15, 0.2) is 48.7 Å². The number of carbonyl (C=O) groups is 1. The third-order valence-electron chi connectivity index (χ3n) is 5.58. The topological polar surface area (TPSA) is 33.2 Å². The smallest absolute Gasteiger partial charge is 0.313 e. The first-order chi connectivity index (χ1) is 16.4. The molecule has 192 valence electrons. The second-order valence-electron chi connectivity index (χ2n) is 8.43. The average Bonchev–Trinajstić information content (AvgIpc) is 2.76. The Bertz CT molecular complexity index is 1290. The number of nitrogens with zero attached hydrogens (tertiary/aromatic N) is 2. The number of hydrogen-bond acceptors (Lipinski definition) is 2. The summed E-state index contributed by atoms with van der Waals surface area (Å²) in [5, 5.41) is 0.632. The highest BCUT2D eigenvalue weighted by molar-refractivity contribution is 6.36. The summed E-state index contributed by atoms with van der Waals surface area (Å²) >= 11 is 18.3. The number of halogens is 9. The van der Waals surface area contributed by atoms with Gasteiger partial charge in [0, 0.05) is 28.2 Å². The van der Waals surface area contributed by atoms with E-state index >= 15 is 0 Å². The summed E-state index contributed by atoms with van der Waals surface area (Å²) in [6.45, 7) is 2.47. The number of alkyl halides is 6. The third kappa shape index (κ3) is 5.74. The van der Waals surface area contributed by atoms with Gasteiger partial charge in [-0.3, -0.25) is 4.79 Å². The van der Waals surface area contributed by atoms with Gasteiger partial charge < -0.3 is 4.90 Å². The van der Waals surface area contributed by atoms with Crippen LogP contribution in [-0.2, 0) is 22.6 Å². The van der Waals surface area contributed by atoms with Crippen molar-refractivity contribution in [1.29, 1.82) is 0 Å². The number of amides is 1. The van der Waals surface area contributed by atoms with E-state index in [2.05, 4.69) is 4.98 Å². The van der Waals surface area contributed by atoms with Crippen molar-refractivity contribution in [2.75, 3.05) is 11.9 Å². The number of hydrogen-bond donors (Lipinski definition) is 0. The van der Waals surface area contributed by atoms with Crippen molar-refractivity contribution in [2.45, 2.75) is 31.6 Å². The molecule has 12 heteroatoms. The van der Waals surface area contributed by atoms with E-state index in [1.807, 2.05) is 0 Å². The number of benzene rings is 2.